The van der Waals surface area contributed by atoms with Gasteiger partial charge in [0, 0.05) is 12.2 Å². The van der Waals surface area contributed by atoms with Crippen molar-refractivity contribution >= 4 is 28.8 Å². The molecule has 1 aliphatic rings. The minimum absolute atomic E-state index is 0.263. The Kier molecular flexibility index (Phi) is 2.59. The molecule has 0 atom stereocenters. The number of nitrogen functional groups attached to an aromatic ring is 1. The molecular weight excluding hydrogens is 253 g/mol. The number of fused-ring (bicyclic) bond motifs is 1. The first-order valence-electron chi connectivity index (χ1n) is 5.63. The molecule has 2 N–H and O–H groups in total. The SMILES string of the molecule is Nc1ccc(Cl)nc1N1CCc2ccc(F)cc21. The van der Waals surface area contributed by atoms with Crippen LogP contribution in [0.1, 0.15) is 5.56 Å². The first-order valence-corrected chi connectivity index (χ1v) is 6.01. The van der Waals surface area contributed by atoms with E-state index in [1.165, 1.54) is 12.1 Å². The van der Waals surface area contributed by atoms with Crippen LogP contribution in [0.2, 0.25) is 5.15 Å². The van der Waals surface area contributed by atoms with Crippen LogP contribution in [0, 0.1) is 5.82 Å². The van der Waals surface area contributed by atoms with E-state index in [0.29, 0.717) is 16.7 Å². The molecule has 1 aliphatic heterocycles. The van der Waals surface area contributed by atoms with Crippen LogP contribution in [-0.4, -0.2) is 11.5 Å². The van der Waals surface area contributed by atoms with Gasteiger partial charge in [0.05, 0.1) is 5.69 Å². The van der Waals surface area contributed by atoms with Gasteiger partial charge in [0.1, 0.15) is 11.0 Å². The Balaban J connectivity index is 2.11. The maximum absolute atomic E-state index is 13.3. The van der Waals surface area contributed by atoms with Crippen LogP contribution in [0.3, 0.4) is 0 Å². The number of nitrogens with zero attached hydrogens (tertiary/aromatic N) is 2. The van der Waals surface area contributed by atoms with E-state index in [1.807, 2.05) is 4.90 Å². The number of aromatic nitrogens is 1. The Morgan fingerprint density at radius 1 is 1.28 bits per heavy atom. The van der Waals surface area contributed by atoms with Crippen molar-refractivity contribution in [1.82, 2.24) is 4.98 Å². The van der Waals surface area contributed by atoms with Crippen molar-refractivity contribution in [3.63, 3.8) is 0 Å². The van der Waals surface area contributed by atoms with Crippen LogP contribution in [0.15, 0.2) is 30.3 Å². The van der Waals surface area contributed by atoms with Crippen molar-refractivity contribution in [3.05, 3.63) is 46.9 Å². The van der Waals surface area contributed by atoms with Gasteiger partial charge >= 0.3 is 0 Å². The molecule has 0 radical (unpaired) electrons. The summed E-state index contributed by atoms with van der Waals surface area (Å²) in [6, 6.07) is 8.12. The van der Waals surface area contributed by atoms with Crippen molar-refractivity contribution in [2.75, 3.05) is 17.2 Å². The number of rotatable bonds is 1. The van der Waals surface area contributed by atoms with Gasteiger partial charge in [-0.15, -0.1) is 0 Å². The van der Waals surface area contributed by atoms with Crippen LogP contribution in [0.5, 0.6) is 0 Å². The third kappa shape index (κ3) is 1.78. The van der Waals surface area contributed by atoms with Gasteiger partial charge in [-0.05, 0) is 36.2 Å². The monoisotopic (exact) mass is 263 g/mol. The van der Waals surface area contributed by atoms with Crippen molar-refractivity contribution in [1.29, 1.82) is 0 Å². The summed E-state index contributed by atoms with van der Waals surface area (Å²) >= 11 is 5.89. The number of halogens is 2. The van der Waals surface area contributed by atoms with Crippen molar-refractivity contribution in [3.8, 4) is 0 Å². The lowest BCUT2D eigenvalue weighted by molar-refractivity contribution is 0.628. The molecule has 0 saturated heterocycles. The molecule has 92 valence electrons. The van der Waals surface area contributed by atoms with E-state index in [-0.39, 0.29) is 5.82 Å². The molecule has 2 heterocycles. The molecule has 1 aromatic carbocycles. The third-order valence-electron chi connectivity index (χ3n) is 3.07. The van der Waals surface area contributed by atoms with Gasteiger partial charge < -0.3 is 10.6 Å². The third-order valence-corrected chi connectivity index (χ3v) is 3.28. The summed E-state index contributed by atoms with van der Waals surface area (Å²) < 4.78 is 13.3. The number of nitrogens with two attached hydrogens (primary N) is 1. The lowest BCUT2D eigenvalue weighted by atomic mass is 10.2. The highest BCUT2D eigenvalue weighted by Gasteiger charge is 2.23. The Morgan fingerprint density at radius 2 is 2.11 bits per heavy atom. The fourth-order valence-electron chi connectivity index (χ4n) is 2.22. The second-order valence-electron chi connectivity index (χ2n) is 4.22. The summed E-state index contributed by atoms with van der Waals surface area (Å²) in [5.74, 6) is 0.327. The van der Waals surface area contributed by atoms with E-state index in [9.17, 15) is 4.39 Å². The Hall–Kier alpha value is -1.81. The minimum Gasteiger partial charge on any atom is -0.396 e. The molecule has 3 nitrogen and oxygen atoms in total. The first kappa shape index (κ1) is 11.3. The van der Waals surface area contributed by atoms with E-state index in [1.54, 1.807) is 18.2 Å². The average molecular weight is 264 g/mol. The summed E-state index contributed by atoms with van der Waals surface area (Å²) in [5, 5.41) is 0.379. The second kappa shape index (κ2) is 4.14. The van der Waals surface area contributed by atoms with Gasteiger partial charge in [0.2, 0.25) is 0 Å². The lowest BCUT2D eigenvalue weighted by Crippen LogP contribution is -2.16. The number of hydrogen-bond donors (Lipinski definition) is 1. The van der Waals surface area contributed by atoms with Crippen molar-refractivity contribution in [2.24, 2.45) is 0 Å². The van der Waals surface area contributed by atoms with Crippen LogP contribution in [0.25, 0.3) is 0 Å². The smallest absolute Gasteiger partial charge is 0.158 e. The zero-order valence-electron chi connectivity index (χ0n) is 9.53. The molecule has 18 heavy (non-hydrogen) atoms. The van der Waals surface area contributed by atoms with Crippen LogP contribution in [-0.2, 0) is 6.42 Å². The number of anilines is 3. The predicted molar refractivity (Wildman–Crippen MR) is 70.8 cm³/mol. The normalized spacial score (nSPS) is 13.8. The van der Waals surface area contributed by atoms with Gasteiger partial charge in [0.25, 0.3) is 0 Å². The predicted octanol–water partition coefficient (Wildman–Crippen LogP) is 3.15. The fourth-order valence-corrected chi connectivity index (χ4v) is 2.37. The Labute approximate surface area is 109 Å². The van der Waals surface area contributed by atoms with Gasteiger partial charge in [0.15, 0.2) is 5.82 Å². The molecule has 0 unspecified atom stereocenters. The molecule has 0 amide bonds. The van der Waals surface area contributed by atoms with E-state index >= 15 is 0 Å². The second-order valence-corrected chi connectivity index (χ2v) is 4.61. The molecule has 1 aromatic heterocycles. The number of hydrogen-bond acceptors (Lipinski definition) is 3. The molecule has 0 bridgehead atoms. The van der Waals surface area contributed by atoms with E-state index in [4.69, 9.17) is 17.3 Å². The van der Waals surface area contributed by atoms with Crippen LogP contribution in [0.4, 0.5) is 21.6 Å². The van der Waals surface area contributed by atoms with E-state index < -0.39 is 0 Å². The molecular formula is C13H11ClFN3. The average Bonchev–Trinajstić information content (AvgIpc) is 2.75. The lowest BCUT2D eigenvalue weighted by Gasteiger charge is -2.20. The van der Waals surface area contributed by atoms with Gasteiger partial charge in [-0.1, -0.05) is 17.7 Å². The highest BCUT2D eigenvalue weighted by atomic mass is 35.5. The molecule has 3 rings (SSSR count). The molecule has 2 aromatic rings. The molecule has 0 spiro atoms. The fraction of sp³-hybridized carbons (Fsp3) is 0.154. The number of pyridine rings is 1. The zero-order valence-corrected chi connectivity index (χ0v) is 10.3. The van der Waals surface area contributed by atoms with Crippen molar-refractivity contribution in [2.45, 2.75) is 6.42 Å². The van der Waals surface area contributed by atoms with Crippen LogP contribution >= 0.6 is 11.6 Å². The maximum atomic E-state index is 13.3. The summed E-state index contributed by atoms with van der Waals surface area (Å²) in [6.07, 6.45) is 0.850. The highest BCUT2D eigenvalue weighted by Crippen LogP contribution is 2.36. The highest BCUT2D eigenvalue weighted by molar-refractivity contribution is 6.29. The summed E-state index contributed by atoms with van der Waals surface area (Å²) in [5.41, 5.74) is 8.36. The summed E-state index contributed by atoms with van der Waals surface area (Å²) in [4.78, 5) is 6.13. The van der Waals surface area contributed by atoms with Gasteiger partial charge in [-0.2, -0.15) is 0 Å². The topological polar surface area (TPSA) is 42.1 Å². The number of benzene rings is 1. The van der Waals surface area contributed by atoms with Gasteiger partial charge in [-0.3, -0.25) is 0 Å². The van der Waals surface area contributed by atoms with Gasteiger partial charge in [-0.25, -0.2) is 9.37 Å². The van der Waals surface area contributed by atoms with Crippen LogP contribution < -0.4 is 10.6 Å². The molecule has 0 aliphatic carbocycles. The first-order chi connectivity index (χ1) is 8.65. The summed E-state index contributed by atoms with van der Waals surface area (Å²) in [7, 11) is 0. The zero-order chi connectivity index (χ0) is 12.7. The van der Waals surface area contributed by atoms with Crippen molar-refractivity contribution < 1.29 is 4.39 Å². The Morgan fingerprint density at radius 3 is 2.94 bits per heavy atom. The van der Waals surface area contributed by atoms with E-state index in [2.05, 4.69) is 4.98 Å². The summed E-state index contributed by atoms with van der Waals surface area (Å²) in [6.45, 7) is 0.732. The maximum Gasteiger partial charge on any atom is 0.158 e. The Bertz CT molecular complexity index is 615. The quantitative estimate of drug-likeness (QED) is 0.804. The molecule has 0 saturated carbocycles. The van der Waals surface area contributed by atoms with E-state index in [0.717, 1.165) is 24.2 Å². The molecule has 5 heteroatoms. The standard InChI is InChI=1S/C13H11ClFN3/c14-12-4-3-10(16)13(17-12)18-6-5-8-1-2-9(15)7-11(8)18/h1-4,7H,5-6,16H2. The largest absolute Gasteiger partial charge is 0.396 e. The molecule has 0 fully saturated rings. The minimum atomic E-state index is -0.263.